The van der Waals surface area contributed by atoms with Gasteiger partial charge in [-0.1, -0.05) is 49.6 Å². The van der Waals surface area contributed by atoms with Crippen LogP contribution in [0, 0.1) is 6.92 Å². The second kappa shape index (κ2) is 6.10. The van der Waals surface area contributed by atoms with Crippen LogP contribution in [0.4, 0.5) is 3.89 Å². The van der Waals surface area contributed by atoms with E-state index in [1.807, 2.05) is 31.2 Å². The highest BCUT2D eigenvalue weighted by Crippen LogP contribution is 2.23. The Bertz CT molecular complexity index is 759. The minimum Gasteiger partial charge on any atom is -0.160 e. The molecule has 0 fully saturated rings. The van der Waals surface area contributed by atoms with Crippen LogP contribution in [-0.4, -0.2) is 0 Å². The third kappa shape index (κ3) is 2.70. The summed E-state index contributed by atoms with van der Waals surface area (Å²) in [5.41, 5.74) is 4.27. The van der Waals surface area contributed by atoms with E-state index >= 15 is 0 Å². The fourth-order valence-electron chi connectivity index (χ4n) is 2.27. The molecule has 0 saturated heterocycles. The summed E-state index contributed by atoms with van der Waals surface area (Å²) in [5.74, 6) is 0. The first-order valence-electron chi connectivity index (χ1n) is 6.39. The summed E-state index contributed by atoms with van der Waals surface area (Å²) in [6, 6.07) is 13.7. The molecule has 0 radical (unpaired) electrons. The summed E-state index contributed by atoms with van der Waals surface area (Å²) >= 11 is 0.232. The van der Waals surface area contributed by atoms with E-state index in [0.717, 1.165) is 21.9 Å². The summed E-state index contributed by atoms with van der Waals surface area (Å²) in [5, 5.41) is 1.66. The molecule has 2 heteroatoms. The Morgan fingerprint density at radius 1 is 1.10 bits per heavy atom. The summed E-state index contributed by atoms with van der Waals surface area (Å²) in [6.45, 7) is 12.2. The second-order valence-corrected chi connectivity index (χ2v) is 5.37. The molecule has 20 heavy (non-hydrogen) atoms. The van der Waals surface area contributed by atoms with Crippen molar-refractivity contribution in [1.29, 1.82) is 0 Å². The summed E-state index contributed by atoms with van der Waals surface area (Å²) in [7, 11) is 0. The fraction of sp³-hybridized carbons (Fsp3) is 0.111. The van der Waals surface area contributed by atoms with E-state index in [1.54, 1.807) is 6.07 Å². The van der Waals surface area contributed by atoms with Gasteiger partial charge in [-0.25, -0.2) is 0 Å². The minimum absolute atomic E-state index is 0.232. The lowest BCUT2D eigenvalue weighted by molar-refractivity contribution is 0.932. The van der Waals surface area contributed by atoms with Crippen LogP contribution < -0.4 is 10.4 Å². The van der Waals surface area contributed by atoms with Crippen molar-refractivity contribution in [3.63, 3.8) is 0 Å². The van der Waals surface area contributed by atoms with E-state index in [9.17, 15) is 3.89 Å². The monoisotopic (exact) mass is 284 g/mol. The van der Waals surface area contributed by atoms with Gasteiger partial charge in [-0.2, -0.15) is 3.89 Å². The van der Waals surface area contributed by atoms with Crippen LogP contribution in [0.5, 0.6) is 0 Å². The van der Waals surface area contributed by atoms with Crippen molar-refractivity contribution < 1.29 is 3.89 Å². The number of halogens is 1. The Morgan fingerprint density at radius 2 is 1.80 bits per heavy atom. The lowest BCUT2D eigenvalue weighted by atomic mass is 9.95. The Hall–Kier alpha value is -1.80. The van der Waals surface area contributed by atoms with Gasteiger partial charge in [0.2, 0.25) is 0 Å². The smallest absolute Gasteiger partial charge is 0.0818 e. The highest BCUT2D eigenvalue weighted by Gasteiger charge is 2.06. The molecule has 0 unspecified atom stereocenters. The van der Waals surface area contributed by atoms with Crippen LogP contribution in [0.25, 0.3) is 17.7 Å². The Labute approximate surface area is 123 Å². The molecule has 0 saturated carbocycles. The highest BCUT2D eigenvalue weighted by atomic mass is 32.2. The molecule has 0 heterocycles. The van der Waals surface area contributed by atoms with Gasteiger partial charge in [0.15, 0.2) is 0 Å². The van der Waals surface area contributed by atoms with E-state index < -0.39 is 0 Å². The van der Waals surface area contributed by atoms with Crippen molar-refractivity contribution >= 4 is 29.9 Å². The van der Waals surface area contributed by atoms with Gasteiger partial charge in [-0.3, -0.25) is 0 Å². The van der Waals surface area contributed by atoms with Crippen molar-refractivity contribution in [1.82, 2.24) is 0 Å². The third-order valence-corrected chi connectivity index (χ3v) is 4.09. The lowest BCUT2D eigenvalue weighted by Crippen LogP contribution is -2.26. The molecular formula is C18H17FS. The second-order valence-electron chi connectivity index (χ2n) is 4.78. The maximum atomic E-state index is 12.9. The molecule has 0 N–H and O–H groups in total. The molecule has 0 spiro atoms. The molecule has 0 atom stereocenters. The molecule has 2 rings (SSSR count). The molecule has 2 aromatic rings. The van der Waals surface area contributed by atoms with E-state index in [4.69, 9.17) is 0 Å². The topological polar surface area (TPSA) is 0 Å². The average Bonchev–Trinajstić information content (AvgIpc) is 2.46. The minimum atomic E-state index is 0.232. The van der Waals surface area contributed by atoms with Gasteiger partial charge in [0.1, 0.15) is 0 Å². The fourth-order valence-corrected chi connectivity index (χ4v) is 2.60. The normalized spacial score (nSPS) is 12.2. The van der Waals surface area contributed by atoms with Crippen molar-refractivity contribution in [2.45, 2.75) is 18.7 Å². The van der Waals surface area contributed by atoms with E-state index in [2.05, 4.69) is 32.2 Å². The number of hydrogen-bond acceptors (Lipinski definition) is 1. The largest absolute Gasteiger partial charge is 0.160 e. The molecule has 0 nitrogen and oxygen atoms in total. The van der Waals surface area contributed by atoms with Crippen molar-refractivity contribution in [3.8, 4) is 0 Å². The molecule has 0 bridgehead atoms. The van der Waals surface area contributed by atoms with Gasteiger partial charge in [0, 0.05) is 4.90 Å². The molecule has 0 aliphatic rings. The van der Waals surface area contributed by atoms with Gasteiger partial charge in [0.05, 0.1) is 12.1 Å². The summed E-state index contributed by atoms with van der Waals surface area (Å²) in [6.07, 6.45) is 0. The average molecular weight is 284 g/mol. The molecule has 0 aliphatic carbocycles. The highest BCUT2D eigenvalue weighted by molar-refractivity contribution is 7.94. The Kier molecular flexibility index (Phi) is 4.46. The van der Waals surface area contributed by atoms with Crippen LogP contribution in [0.2, 0.25) is 0 Å². The molecule has 0 amide bonds. The predicted molar refractivity (Wildman–Crippen MR) is 87.5 cm³/mol. The van der Waals surface area contributed by atoms with Gasteiger partial charge < -0.3 is 0 Å². The van der Waals surface area contributed by atoms with Gasteiger partial charge >= 0.3 is 0 Å². The van der Waals surface area contributed by atoms with Crippen molar-refractivity contribution in [2.24, 2.45) is 0 Å². The van der Waals surface area contributed by atoms with Gasteiger partial charge in [0.25, 0.3) is 0 Å². The summed E-state index contributed by atoms with van der Waals surface area (Å²) in [4.78, 5) is 0.555. The molecular weight excluding hydrogens is 267 g/mol. The quantitative estimate of drug-likeness (QED) is 0.811. The van der Waals surface area contributed by atoms with Crippen molar-refractivity contribution in [3.05, 3.63) is 70.6 Å². The van der Waals surface area contributed by atoms with Crippen LogP contribution in [0.15, 0.2) is 53.9 Å². The Balaban J connectivity index is 2.64. The van der Waals surface area contributed by atoms with Crippen molar-refractivity contribution in [2.75, 3.05) is 0 Å². The Morgan fingerprint density at radius 3 is 2.45 bits per heavy atom. The zero-order valence-electron chi connectivity index (χ0n) is 11.7. The van der Waals surface area contributed by atoms with E-state index in [-0.39, 0.29) is 12.1 Å². The standard InChI is InChI=1S/C18H17FS/c1-12-8-5-6-9-16(12)13(2)14(3)17-10-7-11-18(20-19)15(17)4/h5-11H,2,4H2,1,3H3/b17-14+. The van der Waals surface area contributed by atoms with Crippen LogP contribution in [-0.2, 0) is 0 Å². The first-order chi connectivity index (χ1) is 9.56. The molecule has 0 aliphatic heterocycles. The first-order valence-corrected chi connectivity index (χ1v) is 7.10. The third-order valence-electron chi connectivity index (χ3n) is 3.54. The number of allylic oxidation sites excluding steroid dienone is 1. The first kappa shape index (κ1) is 14.6. The number of hydrogen-bond donors (Lipinski definition) is 0. The predicted octanol–water partition coefficient (Wildman–Crippen LogP) is 4.27. The van der Waals surface area contributed by atoms with Crippen LogP contribution in [0.3, 0.4) is 0 Å². The number of aryl methyl sites for hydroxylation is 1. The van der Waals surface area contributed by atoms with E-state index in [0.29, 0.717) is 10.1 Å². The van der Waals surface area contributed by atoms with Crippen LogP contribution >= 0.6 is 12.1 Å². The van der Waals surface area contributed by atoms with E-state index in [1.165, 1.54) is 5.56 Å². The zero-order valence-corrected chi connectivity index (χ0v) is 12.6. The maximum absolute atomic E-state index is 12.9. The SMILES string of the molecule is C=C(/C(C)=c1\cccc(SF)c1=C)c1ccccc1C. The lowest BCUT2D eigenvalue weighted by Gasteiger charge is -2.10. The molecule has 0 aromatic heterocycles. The molecule has 2 aromatic carbocycles. The van der Waals surface area contributed by atoms with Gasteiger partial charge in [-0.15, -0.1) is 0 Å². The number of rotatable bonds is 3. The van der Waals surface area contributed by atoms with Crippen LogP contribution in [0.1, 0.15) is 18.1 Å². The van der Waals surface area contributed by atoms with Gasteiger partial charge in [-0.05, 0) is 52.6 Å². The summed E-state index contributed by atoms with van der Waals surface area (Å²) < 4.78 is 12.9. The molecule has 102 valence electrons. The zero-order chi connectivity index (χ0) is 14.7. The maximum Gasteiger partial charge on any atom is 0.0818 e. The number of benzene rings is 2.